The fraction of sp³-hybridized carbons (Fsp3) is 0.273. The number of halogens is 1. The lowest BCUT2D eigenvalue weighted by molar-refractivity contribution is 0.0746. The Kier molecular flexibility index (Phi) is 5.45. The summed E-state index contributed by atoms with van der Waals surface area (Å²) in [5.41, 5.74) is 4.95. The number of aromatic nitrogens is 3. The Morgan fingerprint density at radius 3 is 2.38 bits per heavy atom. The number of anilines is 1. The molecule has 0 unspecified atom stereocenters. The molecule has 3 aromatic rings. The van der Waals surface area contributed by atoms with Crippen molar-refractivity contribution in [3.8, 4) is 11.3 Å². The first-order valence-corrected chi connectivity index (χ1v) is 9.96. The molecule has 1 amide bonds. The van der Waals surface area contributed by atoms with Crippen molar-refractivity contribution in [1.82, 2.24) is 20.1 Å². The summed E-state index contributed by atoms with van der Waals surface area (Å²) in [5, 5.41) is 9.24. The maximum absolute atomic E-state index is 12.6. The van der Waals surface area contributed by atoms with Crippen LogP contribution in [0.4, 0.5) is 5.82 Å². The predicted octanol–water partition coefficient (Wildman–Crippen LogP) is 3.77. The van der Waals surface area contributed by atoms with E-state index in [4.69, 9.17) is 11.6 Å². The van der Waals surface area contributed by atoms with Gasteiger partial charge in [-0.25, -0.2) is 4.98 Å². The Bertz CT molecular complexity index is 1010. The molecule has 0 aliphatic carbocycles. The lowest BCUT2D eigenvalue weighted by Gasteiger charge is -2.35. The number of rotatable bonds is 3. The van der Waals surface area contributed by atoms with Crippen LogP contribution in [0.5, 0.6) is 0 Å². The van der Waals surface area contributed by atoms with E-state index in [9.17, 15) is 4.79 Å². The molecular formula is C22H22ClN5O. The Hall–Kier alpha value is -2.99. The highest BCUT2D eigenvalue weighted by atomic mass is 35.5. The van der Waals surface area contributed by atoms with Crippen LogP contribution in [0.3, 0.4) is 0 Å². The number of carbonyl (C=O) groups excluding carboxylic acids is 1. The van der Waals surface area contributed by atoms with Crippen LogP contribution < -0.4 is 4.90 Å². The molecule has 1 aliphatic heterocycles. The van der Waals surface area contributed by atoms with Crippen molar-refractivity contribution in [2.24, 2.45) is 0 Å². The van der Waals surface area contributed by atoms with Crippen LogP contribution in [-0.2, 0) is 0 Å². The summed E-state index contributed by atoms with van der Waals surface area (Å²) in [4.78, 5) is 20.6. The van der Waals surface area contributed by atoms with Crippen LogP contribution in [0.25, 0.3) is 11.3 Å². The van der Waals surface area contributed by atoms with E-state index in [0.29, 0.717) is 36.9 Å². The van der Waals surface area contributed by atoms with Gasteiger partial charge in [0.1, 0.15) is 5.15 Å². The Labute approximate surface area is 175 Å². The molecule has 0 bridgehead atoms. The number of aryl methyl sites for hydroxylation is 2. The van der Waals surface area contributed by atoms with E-state index >= 15 is 0 Å². The summed E-state index contributed by atoms with van der Waals surface area (Å²) in [5.74, 6) is 0.809. The van der Waals surface area contributed by atoms with E-state index in [1.54, 1.807) is 12.1 Å². The van der Waals surface area contributed by atoms with Crippen LogP contribution in [0, 0.1) is 13.8 Å². The van der Waals surface area contributed by atoms with Crippen LogP contribution in [-0.4, -0.2) is 52.2 Å². The minimum absolute atomic E-state index is 0.0231. The number of nitrogens with zero attached hydrogens (tertiary/aromatic N) is 5. The van der Waals surface area contributed by atoms with Crippen molar-refractivity contribution in [1.29, 1.82) is 0 Å². The zero-order chi connectivity index (χ0) is 20.4. The van der Waals surface area contributed by atoms with E-state index < -0.39 is 0 Å². The lowest BCUT2D eigenvalue weighted by Crippen LogP contribution is -2.49. The van der Waals surface area contributed by atoms with Crippen molar-refractivity contribution in [3.05, 3.63) is 70.5 Å². The van der Waals surface area contributed by atoms with Gasteiger partial charge in [0.15, 0.2) is 5.82 Å². The molecule has 0 radical (unpaired) electrons. The van der Waals surface area contributed by atoms with Crippen molar-refractivity contribution >= 4 is 23.3 Å². The zero-order valence-electron chi connectivity index (χ0n) is 16.5. The number of hydrogen-bond acceptors (Lipinski definition) is 5. The van der Waals surface area contributed by atoms with Crippen molar-refractivity contribution in [3.63, 3.8) is 0 Å². The first-order chi connectivity index (χ1) is 14.0. The van der Waals surface area contributed by atoms with Gasteiger partial charge in [-0.15, -0.1) is 10.2 Å². The predicted molar refractivity (Wildman–Crippen MR) is 114 cm³/mol. The second-order valence-corrected chi connectivity index (χ2v) is 7.63. The van der Waals surface area contributed by atoms with Gasteiger partial charge in [-0.05, 0) is 43.7 Å². The standard InChI is InChI=1S/C22H22ClN5O/c1-15-3-5-18(16(2)13-15)19-6-8-21(26-25-19)27-9-11-28(12-10-27)22(29)17-4-7-20(23)24-14-17/h3-8,13-14H,9-12H2,1-2H3. The fourth-order valence-corrected chi connectivity index (χ4v) is 3.67. The van der Waals surface area contributed by atoms with Crippen molar-refractivity contribution in [2.75, 3.05) is 31.1 Å². The summed E-state index contributed by atoms with van der Waals surface area (Å²) in [6, 6.07) is 13.7. The van der Waals surface area contributed by atoms with E-state index in [-0.39, 0.29) is 5.91 Å². The summed E-state index contributed by atoms with van der Waals surface area (Å²) in [7, 11) is 0. The smallest absolute Gasteiger partial charge is 0.255 e. The summed E-state index contributed by atoms with van der Waals surface area (Å²) in [6.45, 7) is 6.85. The van der Waals surface area contributed by atoms with Crippen molar-refractivity contribution < 1.29 is 4.79 Å². The van der Waals surface area contributed by atoms with Crippen LogP contribution in [0.15, 0.2) is 48.7 Å². The maximum Gasteiger partial charge on any atom is 0.255 e. The molecule has 1 aromatic carbocycles. The van der Waals surface area contributed by atoms with Crippen LogP contribution in [0.1, 0.15) is 21.5 Å². The monoisotopic (exact) mass is 407 g/mol. The molecule has 4 rings (SSSR count). The fourth-order valence-electron chi connectivity index (χ4n) is 3.56. The topological polar surface area (TPSA) is 62.2 Å². The van der Waals surface area contributed by atoms with Gasteiger partial charge in [0.25, 0.3) is 5.91 Å². The molecule has 0 saturated carbocycles. The number of carbonyl (C=O) groups is 1. The second-order valence-electron chi connectivity index (χ2n) is 7.24. The largest absolute Gasteiger partial charge is 0.352 e. The molecule has 1 aliphatic rings. The number of piperazine rings is 1. The van der Waals surface area contributed by atoms with E-state index in [1.165, 1.54) is 17.3 Å². The summed E-state index contributed by atoms with van der Waals surface area (Å²) >= 11 is 5.80. The average Bonchev–Trinajstić information content (AvgIpc) is 2.74. The molecule has 3 heterocycles. The molecule has 7 heteroatoms. The first-order valence-electron chi connectivity index (χ1n) is 9.58. The number of benzene rings is 1. The van der Waals surface area contributed by atoms with Gasteiger partial charge in [0.05, 0.1) is 11.3 Å². The van der Waals surface area contributed by atoms with Gasteiger partial charge in [0.2, 0.25) is 0 Å². The normalized spacial score (nSPS) is 14.2. The zero-order valence-corrected chi connectivity index (χ0v) is 17.2. The third kappa shape index (κ3) is 4.22. The Balaban J connectivity index is 1.41. The lowest BCUT2D eigenvalue weighted by atomic mass is 10.0. The SMILES string of the molecule is Cc1ccc(-c2ccc(N3CCN(C(=O)c4ccc(Cl)nc4)CC3)nn2)c(C)c1. The van der Waals surface area contributed by atoms with Gasteiger partial charge < -0.3 is 9.80 Å². The number of amides is 1. The Morgan fingerprint density at radius 2 is 1.76 bits per heavy atom. The molecule has 1 saturated heterocycles. The molecule has 29 heavy (non-hydrogen) atoms. The molecule has 2 aromatic heterocycles. The molecule has 1 fully saturated rings. The van der Waals surface area contributed by atoms with Crippen LogP contribution >= 0.6 is 11.6 Å². The first kappa shape index (κ1) is 19.3. The van der Waals surface area contributed by atoms with Gasteiger partial charge in [0, 0.05) is 37.9 Å². The van der Waals surface area contributed by atoms with Crippen LogP contribution in [0.2, 0.25) is 5.15 Å². The van der Waals surface area contributed by atoms with Crippen molar-refractivity contribution in [2.45, 2.75) is 13.8 Å². The van der Waals surface area contributed by atoms with Gasteiger partial charge in [-0.1, -0.05) is 35.4 Å². The highest BCUT2D eigenvalue weighted by Gasteiger charge is 2.23. The van der Waals surface area contributed by atoms with Gasteiger partial charge in [-0.2, -0.15) is 0 Å². The average molecular weight is 408 g/mol. The summed E-state index contributed by atoms with van der Waals surface area (Å²) in [6.07, 6.45) is 1.52. The minimum atomic E-state index is -0.0231. The summed E-state index contributed by atoms with van der Waals surface area (Å²) < 4.78 is 0. The highest BCUT2D eigenvalue weighted by molar-refractivity contribution is 6.29. The molecule has 6 nitrogen and oxygen atoms in total. The molecule has 148 valence electrons. The second kappa shape index (κ2) is 8.17. The van der Waals surface area contributed by atoms with E-state index in [1.807, 2.05) is 17.0 Å². The van der Waals surface area contributed by atoms with E-state index in [0.717, 1.165) is 17.1 Å². The number of hydrogen-bond donors (Lipinski definition) is 0. The Morgan fingerprint density at radius 1 is 0.966 bits per heavy atom. The number of pyridine rings is 1. The third-order valence-electron chi connectivity index (χ3n) is 5.17. The molecule has 0 atom stereocenters. The molecular weight excluding hydrogens is 386 g/mol. The third-order valence-corrected chi connectivity index (χ3v) is 5.40. The molecule has 0 spiro atoms. The minimum Gasteiger partial charge on any atom is -0.352 e. The quantitative estimate of drug-likeness (QED) is 0.618. The maximum atomic E-state index is 12.6. The highest BCUT2D eigenvalue weighted by Crippen LogP contribution is 2.23. The van der Waals surface area contributed by atoms with E-state index in [2.05, 4.69) is 52.1 Å². The van der Waals surface area contributed by atoms with Gasteiger partial charge >= 0.3 is 0 Å². The van der Waals surface area contributed by atoms with Gasteiger partial charge in [-0.3, -0.25) is 4.79 Å². The molecule has 0 N–H and O–H groups in total.